The molecule has 26 heteroatoms. The lowest BCUT2D eigenvalue weighted by Crippen LogP contribution is -2.62. The van der Waals surface area contributed by atoms with Crippen LogP contribution in [-0.2, 0) is 67.2 Å². The summed E-state index contributed by atoms with van der Waals surface area (Å²) in [7, 11) is -9.59. The molecule has 6 atom stereocenters. The van der Waals surface area contributed by atoms with Gasteiger partial charge in [-0.05, 0) is 122 Å². The van der Waals surface area contributed by atoms with Crippen LogP contribution in [0.2, 0.25) is 0 Å². The molecule has 8 amide bonds. The molecule has 1 aromatic heterocycles. The second kappa shape index (κ2) is 26.6. The second-order valence-electron chi connectivity index (χ2n) is 24.7. The molecule has 0 spiro atoms. The summed E-state index contributed by atoms with van der Waals surface area (Å²) in [6.07, 6.45) is 4.72. The first-order valence-electron chi connectivity index (χ1n) is 29.7. The Morgan fingerprint density at radius 1 is 0.886 bits per heavy atom. The van der Waals surface area contributed by atoms with Gasteiger partial charge < -0.3 is 45.3 Å². The molecule has 4 fully saturated rings. The third-order valence-corrected chi connectivity index (χ3v) is 20.6. The van der Waals surface area contributed by atoms with Crippen LogP contribution in [0.4, 0.5) is 8.78 Å². The summed E-state index contributed by atoms with van der Waals surface area (Å²) >= 11 is 0.919. The molecule has 6 heterocycles. The molecule has 4 aromatic rings. The molecule has 0 aliphatic carbocycles. The van der Waals surface area contributed by atoms with Crippen molar-refractivity contribution < 1.29 is 69.9 Å². The van der Waals surface area contributed by atoms with Crippen molar-refractivity contribution in [2.75, 3.05) is 44.7 Å². The third kappa shape index (κ3) is 15.0. The summed E-state index contributed by atoms with van der Waals surface area (Å²) < 4.78 is 66.7. The van der Waals surface area contributed by atoms with E-state index in [2.05, 4.69) is 53.9 Å². The van der Waals surface area contributed by atoms with Crippen molar-refractivity contribution in [3.63, 3.8) is 0 Å². The normalized spacial score (nSPS) is 21.4. The number of hydrogen-bond acceptors (Lipinski definition) is 13. The fourth-order valence-electron chi connectivity index (χ4n) is 12.3. The predicted molar refractivity (Wildman–Crippen MR) is 324 cm³/mol. The average molecular weight is 1270 g/mol. The van der Waals surface area contributed by atoms with Crippen LogP contribution in [0.25, 0.3) is 10.1 Å². The molecule has 472 valence electrons. The summed E-state index contributed by atoms with van der Waals surface area (Å²) in [6, 6.07) is 11.1. The van der Waals surface area contributed by atoms with Crippen molar-refractivity contribution >= 4 is 86.1 Å². The molecule has 3 unspecified atom stereocenters. The monoisotopic (exact) mass is 1270 g/mol. The molecule has 88 heavy (non-hydrogen) atoms. The van der Waals surface area contributed by atoms with Gasteiger partial charge in [0.05, 0.1) is 10.6 Å². The topological polar surface area (TPSA) is 289 Å². The van der Waals surface area contributed by atoms with Gasteiger partial charge in [-0.3, -0.25) is 48.2 Å². The first kappa shape index (κ1) is 65.5. The van der Waals surface area contributed by atoms with Crippen LogP contribution in [0.1, 0.15) is 140 Å². The highest BCUT2D eigenvalue weighted by Gasteiger charge is 2.51. The highest BCUT2D eigenvalue weighted by Crippen LogP contribution is 2.59. The molecule has 0 saturated carbocycles. The number of thiophene rings is 1. The van der Waals surface area contributed by atoms with Crippen molar-refractivity contribution in [2.45, 2.75) is 152 Å². The Morgan fingerprint density at radius 2 is 1.60 bits per heavy atom. The summed E-state index contributed by atoms with van der Waals surface area (Å²) in [4.78, 5) is 136. The van der Waals surface area contributed by atoms with E-state index in [1.54, 1.807) is 17.0 Å². The van der Waals surface area contributed by atoms with E-state index in [0.717, 1.165) is 52.8 Å². The molecule has 5 aliphatic rings. The number of sulfone groups is 1. The van der Waals surface area contributed by atoms with Crippen LogP contribution in [0.3, 0.4) is 0 Å². The van der Waals surface area contributed by atoms with Gasteiger partial charge in [0.25, 0.3) is 11.8 Å². The van der Waals surface area contributed by atoms with Gasteiger partial charge in [0.1, 0.15) is 40.0 Å². The van der Waals surface area contributed by atoms with E-state index in [4.69, 9.17) is 0 Å². The third-order valence-electron chi connectivity index (χ3n) is 17.5. The van der Waals surface area contributed by atoms with E-state index in [9.17, 15) is 69.9 Å². The number of amides is 8. The lowest BCUT2D eigenvalue weighted by molar-refractivity contribution is -0.144. The van der Waals surface area contributed by atoms with Gasteiger partial charge in [0, 0.05) is 85.7 Å². The summed E-state index contributed by atoms with van der Waals surface area (Å²) in [5.74, 6) is 1.85. The minimum absolute atomic E-state index is 0.0234. The molecule has 9 rings (SSSR count). The zero-order valence-electron chi connectivity index (χ0n) is 49.8. The molecule has 21 nitrogen and oxygen atoms in total. The summed E-state index contributed by atoms with van der Waals surface area (Å²) in [5, 5.41) is 10.9. The predicted octanol–water partition coefficient (Wildman–Crippen LogP) is 5.09. The van der Waals surface area contributed by atoms with Crippen molar-refractivity contribution in [1.29, 1.82) is 0 Å². The number of imide groups is 1. The number of likely N-dealkylation sites (tertiary alicyclic amines) is 1. The maximum absolute atomic E-state index is 14.8. The van der Waals surface area contributed by atoms with E-state index >= 15 is 0 Å². The average Bonchev–Trinajstić information content (AvgIpc) is 2.64. The van der Waals surface area contributed by atoms with E-state index in [0.29, 0.717) is 74.1 Å². The summed E-state index contributed by atoms with van der Waals surface area (Å²) in [5.41, 5.74) is -1.90. The molecular formula is C62H75F2N8O13PS2. The van der Waals surface area contributed by atoms with Gasteiger partial charge in [-0.25, -0.2) is 8.42 Å². The van der Waals surface area contributed by atoms with Crippen LogP contribution in [0.15, 0.2) is 66.7 Å². The lowest BCUT2D eigenvalue weighted by Gasteiger charge is -2.38. The number of piperidine rings is 2. The first-order chi connectivity index (χ1) is 41.5. The Morgan fingerprint density at radius 3 is 2.27 bits per heavy atom. The Labute approximate surface area is 514 Å². The number of carbonyl (C=O) groups is 8. The second-order valence-corrected chi connectivity index (χ2v) is 29.7. The van der Waals surface area contributed by atoms with Crippen LogP contribution >= 0.6 is 18.9 Å². The van der Waals surface area contributed by atoms with Gasteiger partial charge >= 0.3 is 13.3 Å². The SMILES string of the molecule is CCN1CC[C@H]2CC[C@@H](C(=O)NC(CCS(C)(=O)=O)C(=O)NC(Cc3ccc(C(C)(C)C)cc3)C(=O)N3CCC(CCC#Cc4cccc5c4CN(C4CCC(=O)NC4=O)C5=O)CC3)N2C(=O)[C@@H](NC(=O)c2cc3cc(C(F)(F)P(=O)(O)O)ccc3s2)C1. The Kier molecular flexibility index (Phi) is 19.8. The lowest BCUT2D eigenvalue weighted by atomic mass is 9.86. The van der Waals surface area contributed by atoms with Crippen LogP contribution in [0.5, 0.6) is 0 Å². The van der Waals surface area contributed by atoms with Crippen LogP contribution in [-0.4, -0.2) is 166 Å². The molecule has 4 saturated heterocycles. The van der Waals surface area contributed by atoms with E-state index in [1.807, 2.05) is 42.2 Å². The van der Waals surface area contributed by atoms with Gasteiger partial charge in [-0.15, -0.1) is 11.3 Å². The molecule has 6 N–H and O–H groups in total. The minimum atomic E-state index is -5.88. The molecule has 0 bridgehead atoms. The number of carbonyl (C=O) groups excluding carboxylic acids is 8. The first-order valence-corrected chi connectivity index (χ1v) is 34.2. The van der Waals surface area contributed by atoms with Gasteiger partial charge in [-0.1, -0.05) is 75.9 Å². The number of benzene rings is 3. The number of nitrogens with zero attached hydrogens (tertiary/aromatic N) is 4. The number of fused-ring (bicyclic) bond motifs is 3. The molecule has 0 radical (unpaired) electrons. The van der Waals surface area contributed by atoms with Gasteiger partial charge in [-0.2, -0.15) is 8.78 Å². The van der Waals surface area contributed by atoms with Crippen molar-refractivity contribution in [1.82, 2.24) is 40.9 Å². The van der Waals surface area contributed by atoms with Gasteiger partial charge in [0.2, 0.25) is 35.4 Å². The Balaban J connectivity index is 0.875. The highest BCUT2D eigenvalue weighted by atomic mass is 32.2. The van der Waals surface area contributed by atoms with Gasteiger partial charge in [0.15, 0.2) is 0 Å². The molecular weight excluding hydrogens is 1200 g/mol. The highest BCUT2D eigenvalue weighted by molar-refractivity contribution is 7.90. The fourth-order valence-corrected chi connectivity index (χ4v) is 14.4. The number of hydrogen-bond donors (Lipinski definition) is 6. The standard InChI is InChI=1S/C62H75F2N8O13PS2/c1-6-69-28-26-43-19-20-50(72(43)60(80)48(36-69)67-57(77)52-34-40-33-42(18-22-51(40)87-52)62(63,64)86(81,82)83)56(76)65-46(27-31-88(5,84)85)54(74)66-47(32-38-14-16-41(17-15-38)61(2,3)4)59(79)70-29-24-37(25-30-70)10-7-8-11-39-12-9-13-44-45(39)35-71(58(44)78)49-21-23-53(73)68-55(49)75/h9,12-18,22,33-34,37,43,46-50H,6-7,10,19-21,23-32,35-36H2,1-5H3,(H,65,76)(H,66,74)(H,67,77)(H,68,73,75)(H2,81,82,83)/t43-,46?,47?,48+,49?,50+/m1/s1. The Hall–Kier alpha value is -6.94. The maximum Gasteiger partial charge on any atom is 0.399 e. The maximum atomic E-state index is 14.8. The minimum Gasteiger partial charge on any atom is -0.342 e. The summed E-state index contributed by atoms with van der Waals surface area (Å²) in [6.45, 7) is 10.1. The van der Waals surface area contributed by atoms with Crippen molar-refractivity contribution in [3.8, 4) is 11.8 Å². The van der Waals surface area contributed by atoms with E-state index in [-0.39, 0.29) is 84.5 Å². The number of likely N-dealkylation sites (N-methyl/N-ethyl adjacent to an activating group) is 1. The number of alkyl halides is 2. The van der Waals surface area contributed by atoms with E-state index in [1.165, 1.54) is 21.9 Å². The van der Waals surface area contributed by atoms with Crippen molar-refractivity contribution in [2.24, 2.45) is 5.92 Å². The number of rotatable bonds is 18. The smallest absolute Gasteiger partial charge is 0.342 e. The zero-order chi connectivity index (χ0) is 63.6. The van der Waals surface area contributed by atoms with E-state index < -0.39 is 100 Å². The number of nitrogens with one attached hydrogen (secondary N) is 4. The number of halogens is 2. The van der Waals surface area contributed by atoms with Crippen LogP contribution in [0, 0.1) is 17.8 Å². The molecule has 5 aliphatic heterocycles. The molecule has 3 aromatic carbocycles. The van der Waals surface area contributed by atoms with Crippen LogP contribution < -0.4 is 21.3 Å². The zero-order valence-corrected chi connectivity index (χ0v) is 52.3. The Bertz CT molecular complexity index is 3630. The fraction of sp³-hybridized carbons (Fsp3) is 0.516. The van der Waals surface area contributed by atoms with Crippen molar-refractivity contribution in [3.05, 3.63) is 105 Å². The largest absolute Gasteiger partial charge is 0.399 e. The quantitative estimate of drug-likeness (QED) is 0.0430.